The third-order valence-corrected chi connectivity index (χ3v) is 3.90. The molecule has 0 aliphatic rings. The molecule has 0 spiro atoms. The zero-order valence-electron chi connectivity index (χ0n) is 14.9. The Morgan fingerprint density at radius 2 is 1.78 bits per heavy atom. The van der Waals surface area contributed by atoms with E-state index in [1.54, 1.807) is 24.3 Å². The van der Waals surface area contributed by atoms with E-state index in [0.717, 1.165) is 0 Å². The van der Waals surface area contributed by atoms with Crippen molar-refractivity contribution in [1.29, 1.82) is 0 Å². The van der Waals surface area contributed by atoms with Gasteiger partial charge in [-0.3, -0.25) is 20.4 Å². The average molecular weight is 395 g/mol. The van der Waals surface area contributed by atoms with E-state index in [0.29, 0.717) is 18.1 Å². The van der Waals surface area contributed by atoms with Crippen molar-refractivity contribution in [2.45, 2.75) is 26.4 Å². The van der Waals surface area contributed by atoms with Gasteiger partial charge in [0.05, 0.1) is 13.0 Å². The van der Waals surface area contributed by atoms with Crippen LogP contribution < -0.4 is 20.3 Å². The van der Waals surface area contributed by atoms with Gasteiger partial charge >= 0.3 is 0 Å². The van der Waals surface area contributed by atoms with Crippen molar-refractivity contribution >= 4 is 23.4 Å². The molecule has 0 aliphatic heterocycles. The van der Waals surface area contributed by atoms with Crippen LogP contribution in [0.15, 0.2) is 42.5 Å². The van der Waals surface area contributed by atoms with Crippen molar-refractivity contribution in [2.75, 3.05) is 6.61 Å². The number of rotatable bonds is 7. The maximum absolute atomic E-state index is 13.7. The molecule has 6 nitrogen and oxygen atoms in total. The van der Waals surface area contributed by atoms with Gasteiger partial charge in [-0.2, -0.15) is 0 Å². The van der Waals surface area contributed by atoms with Gasteiger partial charge in [-0.05, 0) is 50.2 Å². The Labute approximate surface area is 161 Å². The van der Waals surface area contributed by atoms with Gasteiger partial charge in [0.25, 0.3) is 5.91 Å². The molecule has 0 heterocycles. The number of benzene rings is 2. The largest absolute Gasteiger partial charge is 0.494 e. The highest BCUT2D eigenvalue weighted by Crippen LogP contribution is 2.20. The summed E-state index contributed by atoms with van der Waals surface area (Å²) < 4.78 is 24.5. The van der Waals surface area contributed by atoms with Crippen molar-refractivity contribution < 1.29 is 23.5 Å². The van der Waals surface area contributed by atoms with E-state index < -0.39 is 23.7 Å². The highest BCUT2D eigenvalue weighted by molar-refractivity contribution is 6.31. The zero-order valence-corrected chi connectivity index (χ0v) is 15.7. The minimum Gasteiger partial charge on any atom is -0.494 e. The number of carbonyl (C=O) groups excluding carboxylic acids is 2. The van der Waals surface area contributed by atoms with Gasteiger partial charge < -0.3 is 9.47 Å². The van der Waals surface area contributed by atoms with Crippen LogP contribution in [0.25, 0.3) is 0 Å². The number of halogens is 2. The van der Waals surface area contributed by atoms with Gasteiger partial charge in [0.1, 0.15) is 17.3 Å². The van der Waals surface area contributed by atoms with Crippen LogP contribution in [-0.4, -0.2) is 24.5 Å². The summed E-state index contributed by atoms with van der Waals surface area (Å²) >= 11 is 5.87. The molecule has 0 aromatic heterocycles. The van der Waals surface area contributed by atoms with Gasteiger partial charge in [-0.25, -0.2) is 4.39 Å². The predicted molar refractivity (Wildman–Crippen MR) is 99.1 cm³/mol. The van der Waals surface area contributed by atoms with Crippen LogP contribution in [0.3, 0.4) is 0 Å². The quantitative estimate of drug-likeness (QED) is 0.708. The van der Waals surface area contributed by atoms with Crippen LogP contribution in [0.5, 0.6) is 11.5 Å². The van der Waals surface area contributed by atoms with Gasteiger partial charge in [0, 0.05) is 10.6 Å². The monoisotopic (exact) mass is 394 g/mol. The molecule has 0 aliphatic carbocycles. The lowest BCUT2D eigenvalue weighted by molar-refractivity contribution is -0.132. The lowest BCUT2D eigenvalue weighted by atomic mass is 10.1. The van der Waals surface area contributed by atoms with Gasteiger partial charge in [0.15, 0.2) is 6.10 Å². The normalized spacial score (nSPS) is 11.4. The van der Waals surface area contributed by atoms with Crippen LogP contribution in [0.4, 0.5) is 4.39 Å². The highest BCUT2D eigenvalue weighted by atomic mass is 35.5. The third kappa shape index (κ3) is 6.14. The second-order valence-electron chi connectivity index (χ2n) is 5.58. The molecule has 2 amide bonds. The maximum Gasteiger partial charge on any atom is 0.279 e. The van der Waals surface area contributed by atoms with Crippen LogP contribution in [0.2, 0.25) is 5.02 Å². The van der Waals surface area contributed by atoms with E-state index >= 15 is 0 Å². The maximum atomic E-state index is 13.7. The summed E-state index contributed by atoms with van der Waals surface area (Å²) in [6.45, 7) is 3.97. The van der Waals surface area contributed by atoms with Crippen molar-refractivity contribution in [1.82, 2.24) is 10.9 Å². The first kappa shape index (κ1) is 20.5. The number of hydrogen-bond acceptors (Lipinski definition) is 4. The molecule has 2 rings (SSSR count). The number of ether oxygens (including phenoxy) is 2. The molecule has 0 radical (unpaired) electrons. The first-order valence-corrected chi connectivity index (χ1v) is 8.69. The molecule has 0 saturated carbocycles. The first-order chi connectivity index (χ1) is 12.9. The molecule has 8 heteroatoms. The average Bonchev–Trinajstić information content (AvgIpc) is 2.64. The molecular formula is C19H20ClFN2O4. The first-order valence-electron chi connectivity index (χ1n) is 8.31. The molecule has 2 N–H and O–H groups in total. The summed E-state index contributed by atoms with van der Waals surface area (Å²) in [5.41, 5.74) is 4.51. The van der Waals surface area contributed by atoms with E-state index in [-0.39, 0.29) is 17.0 Å². The van der Waals surface area contributed by atoms with E-state index in [2.05, 4.69) is 10.9 Å². The second kappa shape index (κ2) is 9.78. The molecule has 0 fully saturated rings. The summed E-state index contributed by atoms with van der Waals surface area (Å²) in [7, 11) is 0. The summed E-state index contributed by atoms with van der Waals surface area (Å²) in [5.74, 6) is -0.580. The van der Waals surface area contributed by atoms with Crippen LogP contribution >= 0.6 is 11.6 Å². The van der Waals surface area contributed by atoms with Crippen molar-refractivity contribution in [2.24, 2.45) is 0 Å². The van der Waals surface area contributed by atoms with E-state index in [1.165, 1.54) is 25.1 Å². The van der Waals surface area contributed by atoms with Crippen molar-refractivity contribution in [3.63, 3.8) is 0 Å². The number of carbonyl (C=O) groups is 2. The lowest BCUT2D eigenvalue weighted by Gasteiger charge is -2.15. The number of hydrogen-bond donors (Lipinski definition) is 2. The fourth-order valence-corrected chi connectivity index (χ4v) is 2.41. The summed E-state index contributed by atoms with van der Waals surface area (Å²) in [6.07, 6.45) is -1.17. The highest BCUT2D eigenvalue weighted by Gasteiger charge is 2.17. The molecular weight excluding hydrogens is 375 g/mol. The fraction of sp³-hybridized carbons (Fsp3) is 0.263. The minimum atomic E-state index is -0.861. The zero-order chi connectivity index (χ0) is 19.8. The Hall–Kier alpha value is -2.80. The third-order valence-electron chi connectivity index (χ3n) is 3.54. The molecule has 2 aromatic carbocycles. The van der Waals surface area contributed by atoms with E-state index in [1.807, 2.05) is 6.92 Å². The van der Waals surface area contributed by atoms with Crippen molar-refractivity contribution in [3.05, 3.63) is 58.9 Å². The fourth-order valence-electron chi connectivity index (χ4n) is 2.18. The molecule has 2 aromatic rings. The second-order valence-corrected chi connectivity index (χ2v) is 5.99. The molecule has 27 heavy (non-hydrogen) atoms. The standard InChI is InChI=1S/C19H20ClFN2O4/c1-3-26-13-7-9-14(10-8-13)27-12(2)19(25)23-22-18(24)11-15-16(20)5-4-6-17(15)21/h4-10,12H,3,11H2,1-2H3,(H,22,24)(H,23,25)/t12-/m0/s1. The van der Waals surface area contributed by atoms with Crippen LogP contribution in [-0.2, 0) is 16.0 Å². The summed E-state index contributed by atoms with van der Waals surface area (Å²) in [6, 6.07) is 10.9. The Balaban J connectivity index is 1.82. The van der Waals surface area contributed by atoms with E-state index in [4.69, 9.17) is 21.1 Å². The lowest BCUT2D eigenvalue weighted by Crippen LogP contribution is -2.47. The molecule has 0 unspecified atom stereocenters. The summed E-state index contributed by atoms with van der Waals surface area (Å²) in [5, 5.41) is 0.142. The smallest absolute Gasteiger partial charge is 0.279 e. The number of amides is 2. The summed E-state index contributed by atoms with van der Waals surface area (Å²) in [4.78, 5) is 23.9. The topological polar surface area (TPSA) is 76.7 Å². The SMILES string of the molecule is CCOc1ccc(O[C@@H](C)C(=O)NNC(=O)Cc2c(F)cccc2Cl)cc1. The number of nitrogens with one attached hydrogen (secondary N) is 2. The molecule has 0 bridgehead atoms. The Kier molecular flexibility index (Phi) is 7.43. The Morgan fingerprint density at radius 3 is 2.41 bits per heavy atom. The predicted octanol–water partition coefficient (Wildman–Crippen LogP) is 3.04. The Morgan fingerprint density at radius 1 is 1.11 bits per heavy atom. The van der Waals surface area contributed by atoms with Gasteiger partial charge in [-0.15, -0.1) is 0 Å². The van der Waals surface area contributed by atoms with E-state index in [9.17, 15) is 14.0 Å². The van der Waals surface area contributed by atoms with Gasteiger partial charge in [0.2, 0.25) is 5.91 Å². The minimum absolute atomic E-state index is 0.0598. The van der Waals surface area contributed by atoms with Crippen LogP contribution in [0.1, 0.15) is 19.4 Å². The van der Waals surface area contributed by atoms with Crippen molar-refractivity contribution in [3.8, 4) is 11.5 Å². The van der Waals surface area contributed by atoms with Crippen LogP contribution in [0, 0.1) is 5.82 Å². The molecule has 144 valence electrons. The van der Waals surface area contributed by atoms with Gasteiger partial charge in [-0.1, -0.05) is 17.7 Å². The molecule has 1 atom stereocenters. The Bertz CT molecular complexity index is 779. The number of hydrazine groups is 1. The molecule has 0 saturated heterocycles.